The maximum atomic E-state index is 12.7. The molecule has 3 rings (SSSR count). The summed E-state index contributed by atoms with van der Waals surface area (Å²) in [6.07, 6.45) is 2.12. The molecular formula is C21H20O3S. The molecule has 3 aromatic rings. The minimum atomic E-state index is 0.0590. The standard InChI is InChI=1S/C21H20O3S/c1-23-18-11-9-17(10-12-18)21(25-15-19-8-5-13-24-19)14-20(22)16-6-3-2-4-7-16/h2-13,21H,14-15H2,1H3/t21-/m1/s1. The van der Waals surface area contributed by atoms with Gasteiger partial charge in [-0.05, 0) is 29.8 Å². The van der Waals surface area contributed by atoms with Crippen molar-refractivity contribution in [1.29, 1.82) is 0 Å². The van der Waals surface area contributed by atoms with Gasteiger partial charge in [0, 0.05) is 17.2 Å². The van der Waals surface area contributed by atoms with Crippen molar-refractivity contribution in [2.75, 3.05) is 7.11 Å². The summed E-state index contributed by atoms with van der Waals surface area (Å²) in [4.78, 5) is 12.7. The van der Waals surface area contributed by atoms with Crippen LogP contribution in [-0.2, 0) is 5.75 Å². The van der Waals surface area contributed by atoms with Crippen LogP contribution in [0.15, 0.2) is 77.4 Å². The molecule has 1 aromatic heterocycles. The fraction of sp³-hybridized carbons (Fsp3) is 0.190. The van der Waals surface area contributed by atoms with Gasteiger partial charge >= 0.3 is 0 Å². The second-order valence-electron chi connectivity index (χ2n) is 5.65. The van der Waals surface area contributed by atoms with Crippen LogP contribution in [0, 0.1) is 0 Å². The molecule has 0 unspecified atom stereocenters. The number of carbonyl (C=O) groups is 1. The van der Waals surface area contributed by atoms with Crippen LogP contribution in [0.3, 0.4) is 0 Å². The number of carbonyl (C=O) groups excluding carboxylic acids is 1. The van der Waals surface area contributed by atoms with E-state index in [2.05, 4.69) is 0 Å². The van der Waals surface area contributed by atoms with Crippen LogP contribution < -0.4 is 4.74 Å². The molecule has 0 aliphatic heterocycles. The number of hydrogen-bond acceptors (Lipinski definition) is 4. The Morgan fingerprint density at radius 3 is 2.44 bits per heavy atom. The monoisotopic (exact) mass is 352 g/mol. The lowest BCUT2D eigenvalue weighted by atomic mass is 10.0. The molecule has 0 fully saturated rings. The van der Waals surface area contributed by atoms with Crippen LogP contribution in [0.1, 0.15) is 33.4 Å². The first-order valence-corrected chi connectivity index (χ1v) is 9.17. The van der Waals surface area contributed by atoms with E-state index in [0.29, 0.717) is 6.42 Å². The highest BCUT2D eigenvalue weighted by Gasteiger charge is 2.18. The first-order chi connectivity index (χ1) is 12.3. The molecule has 0 aliphatic rings. The molecule has 0 bridgehead atoms. The molecule has 2 aromatic carbocycles. The molecule has 0 saturated carbocycles. The summed E-state index contributed by atoms with van der Waals surface area (Å²) >= 11 is 1.71. The second-order valence-corrected chi connectivity index (χ2v) is 6.84. The maximum absolute atomic E-state index is 12.7. The first kappa shape index (κ1) is 17.4. The largest absolute Gasteiger partial charge is 0.497 e. The molecular weight excluding hydrogens is 332 g/mol. The second kappa shape index (κ2) is 8.58. The van der Waals surface area contributed by atoms with Crippen molar-refractivity contribution in [1.82, 2.24) is 0 Å². The Balaban J connectivity index is 1.76. The lowest BCUT2D eigenvalue weighted by Crippen LogP contribution is -2.05. The van der Waals surface area contributed by atoms with Gasteiger partial charge in [-0.3, -0.25) is 4.79 Å². The molecule has 0 aliphatic carbocycles. The minimum absolute atomic E-state index is 0.0590. The first-order valence-electron chi connectivity index (χ1n) is 8.12. The highest BCUT2D eigenvalue weighted by molar-refractivity contribution is 7.98. The Morgan fingerprint density at radius 1 is 1.04 bits per heavy atom. The SMILES string of the molecule is COc1ccc([C@@H](CC(=O)c2ccccc2)SCc2ccco2)cc1. The number of ketones is 1. The number of hydrogen-bond donors (Lipinski definition) is 0. The third-order valence-corrected chi connectivity index (χ3v) is 5.25. The molecule has 1 heterocycles. The topological polar surface area (TPSA) is 39.4 Å². The van der Waals surface area contributed by atoms with Gasteiger partial charge in [-0.25, -0.2) is 0 Å². The van der Waals surface area contributed by atoms with Crippen molar-refractivity contribution >= 4 is 17.5 Å². The molecule has 3 nitrogen and oxygen atoms in total. The van der Waals surface area contributed by atoms with E-state index in [0.717, 1.165) is 28.4 Å². The number of rotatable bonds is 8. The molecule has 0 N–H and O–H groups in total. The molecule has 1 atom stereocenters. The van der Waals surface area contributed by atoms with E-state index < -0.39 is 0 Å². The normalized spacial score (nSPS) is 11.9. The fourth-order valence-corrected chi connectivity index (χ4v) is 3.73. The lowest BCUT2D eigenvalue weighted by molar-refractivity contribution is 0.0982. The molecule has 0 amide bonds. The summed E-state index contributed by atoms with van der Waals surface area (Å²) < 4.78 is 10.6. The quantitative estimate of drug-likeness (QED) is 0.499. The van der Waals surface area contributed by atoms with Crippen LogP contribution in [0.2, 0.25) is 0 Å². The Kier molecular flexibility index (Phi) is 5.96. The summed E-state index contributed by atoms with van der Waals surface area (Å²) in [5.74, 6) is 2.60. The zero-order chi connectivity index (χ0) is 17.5. The van der Waals surface area contributed by atoms with E-state index in [-0.39, 0.29) is 11.0 Å². The molecule has 0 saturated heterocycles. The van der Waals surface area contributed by atoms with Crippen molar-refractivity contribution in [3.63, 3.8) is 0 Å². The predicted molar refractivity (Wildman–Crippen MR) is 101 cm³/mol. The van der Waals surface area contributed by atoms with Gasteiger partial charge in [-0.2, -0.15) is 0 Å². The number of Topliss-reactive ketones (excluding diaryl/α,β-unsaturated/α-hetero) is 1. The molecule has 0 radical (unpaired) electrons. The van der Waals surface area contributed by atoms with Crippen molar-refractivity contribution in [3.05, 3.63) is 89.9 Å². The van der Waals surface area contributed by atoms with E-state index in [9.17, 15) is 4.79 Å². The zero-order valence-electron chi connectivity index (χ0n) is 14.1. The predicted octanol–water partition coefficient (Wildman–Crippen LogP) is 5.54. The number of methoxy groups -OCH3 is 1. The highest BCUT2D eigenvalue weighted by atomic mass is 32.2. The van der Waals surface area contributed by atoms with Gasteiger partial charge in [0.1, 0.15) is 11.5 Å². The van der Waals surface area contributed by atoms with Gasteiger partial charge in [-0.1, -0.05) is 42.5 Å². The van der Waals surface area contributed by atoms with Crippen LogP contribution in [0.5, 0.6) is 5.75 Å². The van der Waals surface area contributed by atoms with Crippen LogP contribution in [0.25, 0.3) is 0 Å². The number of benzene rings is 2. The average molecular weight is 352 g/mol. The summed E-state index contributed by atoms with van der Waals surface area (Å²) in [5, 5.41) is 0.0590. The number of ether oxygens (including phenoxy) is 1. The fourth-order valence-electron chi connectivity index (χ4n) is 2.58. The van der Waals surface area contributed by atoms with Crippen LogP contribution in [0.4, 0.5) is 0 Å². The van der Waals surface area contributed by atoms with E-state index in [4.69, 9.17) is 9.15 Å². The lowest BCUT2D eigenvalue weighted by Gasteiger charge is -2.16. The van der Waals surface area contributed by atoms with Gasteiger partial charge in [0.2, 0.25) is 0 Å². The Morgan fingerprint density at radius 2 is 1.80 bits per heavy atom. The highest BCUT2D eigenvalue weighted by Crippen LogP contribution is 2.36. The summed E-state index contributed by atoms with van der Waals surface area (Å²) in [6.45, 7) is 0. The van der Waals surface area contributed by atoms with Crippen LogP contribution >= 0.6 is 11.8 Å². The zero-order valence-corrected chi connectivity index (χ0v) is 14.9. The summed E-state index contributed by atoms with van der Waals surface area (Å²) in [5.41, 5.74) is 1.86. The smallest absolute Gasteiger partial charge is 0.164 e. The molecule has 128 valence electrons. The Labute approximate surface area is 152 Å². The van der Waals surface area contributed by atoms with Gasteiger partial charge in [0.15, 0.2) is 5.78 Å². The number of thioether (sulfide) groups is 1. The molecule has 0 spiro atoms. The van der Waals surface area contributed by atoms with E-state index in [1.54, 1.807) is 25.1 Å². The van der Waals surface area contributed by atoms with Crippen LogP contribution in [-0.4, -0.2) is 12.9 Å². The third kappa shape index (κ3) is 4.77. The van der Waals surface area contributed by atoms with Crippen molar-refractivity contribution in [3.8, 4) is 5.75 Å². The van der Waals surface area contributed by atoms with Gasteiger partial charge in [-0.15, -0.1) is 11.8 Å². The van der Waals surface area contributed by atoms with E-state index in [1.807, 2.05) is 66.7 Å². The minimum Gasteiger partial charge on any atom is -0.497 e. The third-order valence-electron chi connectivity index (χ3n) is 3.96. The summed E-state index contributed by atoms with van der Waals surface area (Å²) in [6, 6.07) is 21.2. The van der Waals surface area contributed by atoms with Gasteiger partial charge in [0.25, 0.3) is 0 Å². The molecule has 25 heavy (non-hydrogen) atoms. The Hall–Kier alpha value is -2.46. The van der Waals surface area contributed by atoms with Crippen molar-refractivity contribution in [2.24, 2.45) is 0 Å². The van der Waals surface area contributed by atoms with E-state index >= 15 is 0 Å². The number of furan rings is 1. The maximum Gasteiger partial charge on any atom is 0.164 e. The Bertz CT molecular complexity index is 780. The average Bonchev–Trinajstić information content (AvgIpc) is 3.19. The molecule has 4 heteroatoms. The van der Waals surface area contributed by atoms with Crippen molar-refractivity contribution < 1.29 is 13.9 Å². The summed E-state index contributed by atoms with van der Waals surface area (Å²) in [7, 11) is 1.65. The van der Waals surface area contributed by atoms with Gasteiger partial charge in [0.05, 0.1) is 19.1 Å². The van der Waals surface area contributed by atoms with E-state index in [1.165, 1.54) is 0 Å². The van der Waals surface area contributed by atoms with Crippen molar-refractivity contribution in [2.45, 2.75) is 17.4 Å². The van der Waals surface area contributed by atoms with Gasteiger partial charge < -0.3 is 9.15 Å².